The Hall–Kier alpha value is -3.73. The Balaban J connectivity index is 1.31. The average Bonchev–Trinajstić information content (AvgIpc) is 3.60. The molecular formula is C24H28N8O3. The predicted molar refractivity (Wildman–Crippen MR) is 126 cm³/mol. The number of tetrazole rings is 1. The van der Waals surface area contributed by atoms with Gasteiger partial charge in [-0.1, -0.05) is 18.9 Å². The number of nitrogens with one attached hydrogen (secondary N) is 1. The number of fused-ring (bicyclic) bond motifs is 1. The maximum absolute atomic E-state index is 13.0. The van der Waals surface area contributed by atoms with Crippen molar-refractivity contribution in [2.24, 2.45) is 5.92 Å². The molecule has 1 unspecified atom stereocenters. The zero-order chi connectivity index (χ0) is 24.4. The van der Waals surface area contributed by atoms with Crippen molar-refractivity contribution < 1.29 is 14.7 Å². The van der Waals surface area contributed by atoms with Gasteiger partial charge in [0.15, 0.2) is 0 Å². The van der Waals surface area contributed by atoms with Crippen LogP contribution in [0.1, 0.15) is 60.3 Å². The van der Waals surface area contributed by atoms with Crippen LogP contribution in [0.15, 0.2) is 30.5 Å². The van der Waals surface area contributed by atoms with Crippen LogP contribution in [0.4, 0.5) is 5.82 Å². The van der Waals surface area contributed by atoms with E-state index in [1.165, 1.54) is 4.68 Å². The second-order valence-corrected chi connectivity index (χ2v) is 9.17. The highest BCUT2D eigenvalue weighted by atomic mass is 16.3. The first-order valence-electron chi connectivity index (χ1n) is 12.0. The molecule has 2 amide bonds. The van der Waals surface area contributed by atoms with Crippen molar-refractivity contribution in [3.63, 3.8) is 0 Å². The summed E-state index contributed by atoms with van der Waals surface area (Å²) in [5.74, 6) is 0.702. The smallest absolute Gasteiger partial charge is 0.275 e. The van der Waals surface area contributed by atoms with E-state index in [4.69, 9.17) is 0 Å². The summed E-state index contributed by atoms with van der Waals surface area (Å²) < 4.78 is 1.48. The van der Waals surface area contributed by atoms with Crippen molar-refractivity contribution in [2.75, 3.05) is 18.5 Å². The minimum atomic E-state index is -0.389. The van der Waals surface area contributed by atoms with Gasteiger partial charge in [-0.2, -0.15) is 0 Å². The molecule has 4 heterocycles. The van der Waals surface area contributed by atoms with Crippen molar-refractivity contribution in [3.8, 4) is 11.5 Å². The maximum atomic E-state index is 13.0. The van der Waals surface area contributed by atoms with Crippen LogP contribution in [0, 0.1) is 5.92 Å². The summed E-state index contributed by atoms with van der Waals surface area (Å²) in [7, 11) is 0. The van der Waals surface area contributed by atoms with Gasteiger partial charge in [-0.05, 0) is 65.9 Å². The van der Waals surface area contributed by atoms with Gasteiger partial charge in [-0.15, -0.1) is 5.10 Å². The van der Waals surface area contributed by atoms with Crippen molar-refractivity contribution in [2.45, 2.75) is 51.6 Å². The van der Waals surface area contributed by atoms with Gasteiger partial charge in [-0.25, -0.2) is 9.67 Å². The predicted octanol–water partition coefficient (Wildman–Crippen LogP) is 2.01. The summed E-state index contributed by atoms with van der Waals surface area (Å²) >= 11 is 0. The molecule has 1 aliphatic heterocycles. The first-order valence-corrected chi connectivity index (χ1v) is 12.0. The second-order valence-electron chi connectivity index (χ2n) is 9.17. The molecule has 0 saturated heterocycles. The third-order valence-electron chi connectivity index (χ3n) is 6.74. The fourth-order valence-corrected chi connectivity index (χ4v) is 4.73. The molecule has 1 aliphatic carbocycles. The summed E-state index contributed by atoms with van der Waals surface area (Å²) in [5, 5.41) is 23.8. The quantitative estimate of drug-likeness (QED) is 0.551. The van der Waals surface area contributed by atoms with Gasteiger partial charge >= 0.3 is 0 Å². The highest BCUT2D eigenvalue weighted by Crippen LogP contribution is 2.29. The molecule has 2 aliphatic rings. The molecule has 5 rings (SSSR count). The lowest BCUT2D eigenvalue weighted by Gasteiger charge is -2.31. The number of carbonyl (C=O) groups is 2. The van der Waals surface area contributed by atoms with Crippen LogP contribution in [0.5, 0.6) is 0 Å². The van der Waals surface area contributed by atoms with E-state index >= 15 is 0 Å². The van der Waals surface area contributed by atoms with Crippen molar-refractivity contribution in [1.29, 1.82) is 0 Å². The molecule has 1 saturated carbocycles. The number of aliphatic hydroxyl groups is 1. The Morgan fingerprint density at radius 3 is 2.86 bits per heavy atom. The Morgan fingerprint density at radius 2 is 2.06 bits per heavy atom. The number of aromatic nitrogens is 6. The van der Waals surface area contributed by atoms with Gasteiger partial charge < -0.3 is 15.3 Å². The lowest BCUT2D eigenvalue weighted by molar-refractivity contribution is -0.136. The molecular weight excluding hydrogens is 448 g/mol. The van der Waals surface area contributed by atoms with Gasteiger partial charge in [0.05, 0.1) is 12.6 Å². The minimum Gasteiger partial charge on any atom is -0.394 e. The number of hydrogen-bond donors (Lipinski definition) is 2. The molecule has 0 bridgehead atoms. The van der Waals surface area contributed by atoms with E-state index in [-0.39, 0.29) is 36.1 Å². The van der Waals surface area contributed by atoms with E-state index in [9.17, 15) is 14.7 Å². The van der Waals surface area contributed by atoms with Gasteiger partial charge in [0.2, 0.25) is 11.7 Å². The van der Waals surface area contributed by atoms with Crippen molar-refractivity contribution in [3.05, 3.63) is 47.3 Å². The summed E-state index contributed by atoms with van der Waals surface area (Å²) in [4.78, 5) is 36.6. The molecule has 182 valence electrons. The molecule has 0 aromatic carbocycles. The fraction of sp³-hybridized carbons (Fsp3) is 0.458. The second kappa shape index (κ2) is 9.87. The summed E-state index contributed by atoms with van der Waals surface area (Å²) in [6.07, 6.45) is 6.68. The van der Waals surface area contributed by atoms with E-state index in [1.54, 1.807) is 37.4 Å². The van der Waals surface area contributed by atoms with E-state index in [2.05, 4.69) is 30.8 Å². The topological polar surface area (TPSA) is 139 Å². The molecule has 3 aromatic rings. The van der Waals surface area contributed by atoms with Gasteiger partial charge in [0.1, 0.15) is 17.2 Å². The lowest BCUT2D eigenvalue weighted by atomic mass is 9.98. The molecule has 1 fully saturated rings. The molecule has 1 atom stereocenters. The average molecular weight is 477 g/mol. The maximum Gasteiger partial charge on any atom is 0.275 e. The number of rotatable bonds is 6. The Labute approximate surface area is 202 Å². The Bertz CT molecular complexity index is 1240. The van der Waals surface area contributed by atoms with Crippen molar-refractivity contribution in [1.82, 2.24) is 35.1 Å². The monoisotopic (exact) mass is 476 g/mol. The van der Waals surface area contributed by atoms with Crippen LogP contribution in [-0.2, 0) is 17.8 Å². The zero-order valence-electron chi connectivity index (χ0n) is 19.6. The summed E-state index contributed by atoms with van der Waals surface area (Å²) in [6, 6.07) is 6.60. The standard InChI is InChI=1S/C24H28N8O3/c1-15(14-33)32-22(28-29-30-32)19-7-4-8-21(26-19)27-23(34)20-11-18-13-31(10-9-17(18)12-25-20)24(35)16-5-2-3-6-16/h4,7-8,11-12,15-16,33H,2-3,5-6,9-10,13-14H2,1H3,(H,26,27,34). The third-order valence-corrected chi connectivity index (χ3v) is 6.74. The van der Waals surface area contributed by atoms with Crippen molar-refractivity contribution >= 4 is 17.6 Å². The highest BCUT2D eigenvalue weighted by Gasteiger charge is 2.30. The molecule has 0 radical (unpaired) electrons. The molecule has 35 heavy (non-hydrogen) atoms. The lowest BCUT2D eigenvalue weighted by Crippen LogP contribution is -2.39. The number of aliphatic hydroxyl groups excluding tert-OH is 1. The molecule has 2 N–H and O–H groups in total. The number of nitrogens with zero attached hydrogens (tertiary/aromatic N) is 7. The van der Waals surface area contributed by atoms with Gasteiger partial charge in [-0.3, -0.25) is 14.6 Å². The zero-order valence-corrected chi connectivity index (χ0v) is 19.6. The number of pyridine rings is 2. The van der Waals surface area contributed by atoms with Crippen LogP contribution in [-0.4, -0.2) is 65.1 Å². The molecule has 3 aromatic heterocycles. The molecule has 0 spiro atoms. The SMILES string of the molecule is CC(CO)n1nnnc1-c1cccc(NC(=O)c2cc3c(cn2)CCN(C(=O)C2CCCC2)C3)n1. The third kappa shape index (κ3) is 4.76. The van der Waals surface area contributed by atoms with E-state index in [1.807, 2.05) is 4.90 Å². The number of amides is 2. The summed E-state index contributed by atoms with van der Waals surface area (Å²) in [5.41, 5.74) is 2.76. The minimum absolute atomic E-state index is 0.123. The molecule has 11 nitrogen and oxygen atoms in total. The van der Waals surface area contributed by atoms with Crippen LogP contribution in [0.3, 0.4) is 0 Å². The summed E-state index contributed by atoms with van der Waals surface area (Å²) in [6.45, 7) is 2.87. The normalized spacial score (nSPS) is 16.7. The Morgan fingerprint density at radius 1 is 1.23 bits per heavy atom. The van der Waals surface area contributed by atoms with Gasteiger partial charge in [0, 0.05) is 25.2 Å². The molecule has 11 heteroatoms. The van der Waals surface area contributed by atoms with Crippen LogP contribution in [0.25, 0.3) is 11.5 Å². The van der Waals surface area contributed by atoms with E-state index in [0.717, 1.165) is 43.2 Å². The fourth-order valence-electron chi connectivity index (χ4n) is 4.73. The van der Waals surface area contributed by atoms with E-state index < -0.39 is 0 Å². The first kappa shape index (κ1) is 23.0. The van der Waals surface area contributed by atoms with Crippen LogP contribution >= 0.6 is 0 Å². The van der Waals surface area contributed by atoms with E-state index in [0.29, 0.717) is 30.4 Å². The van der Waals surface area contributed by atoms with Crippen LogP contribution < -0.4 is 5.32 Å². The largest absolute Gasteiger partial charge is 0.394 e. The first-order chi connectivity index (χ1) is 17.0. The highest BCUT2D eigenvalue weighted by molar-refractivity contribution is 6.02. The Kier molecular flexibility index (Phi) is 6.49. The van der Waals surface area contributed by atoms with Gasteiger partial charge in [0.25, 0.3) is 5.91 Å². The number of hydrogen-bond acceptors (Lipinski definition) is 8. The van der Waals surface area contributed by atoms with Crippen LogP contribution in [0.2, 0.25) is 0 Å². The number of anilines is 1. The number of carbonyl (C=O) groups excluding carboxylic acids is 2.